The Kier molecular flexibility index (Phi) is 6.41. The molecule has 12 heteroatoms. The Hall–Kier alpha value is -4.45. The zero-order valence-corrected chi connectivity index (χ0v) is 22.4. The van der Waals surface area contributed by atoms with Gasteiger partial charge in [0.2, 0.25) is 17.7 Å². The van der Waals surface area contributed by atoms with Gasteiger partial charge >= 0.3 is 6.09 Å². The SMILES string of the molecule is Cc1c(N2CCc3cnc(Nc4ccc(CC(=O)N5CC(C)(O)C5)cc4)nc3C2)cnc2c1N(C(=O)O)CCO2. The summed E-state index contributed by atoms with van der Waals surface area (Å²) in [4.78, 5) is 43.0. The van der Waals surface area contributed by atoms with Crippen LogP contribution in [0.5, 0.6) is 5.88 Å². The number of aliphatic hydroxyl groups is 1. The van der Waals surface area contributed by atoms with E-state index >= 15 is 0 Å². The fourth-order valence-electron chi connectivity index (χ4n) is 5.48. The number of carbonyl (C=O) groups excluding carboxylic acids is 1. The summed E-state index contributed by atoms with van der Waals surface area (Å²) in [6, 6.07) is 7.58. The zero-order chi connectivity index (χ0) is 28.0. The maximum absolute atomic E-state index is 12.4. The van der Waals surface area contributed by atoms with Crippen molar-refractivity contribution in [1.29, 1.82) is 0 Å². The Balaban J connectivity index is 1.14. The Bertz CT molecular complexity index is 1470. The molecule has 1 fully saturated rings. The van der Waals surface area contributed by atoms with Crippen molar-refractivity contribution in [3.63, 3.8) is 0 Å². The second kappa shape index (κ2) is 9.94. The highest BCUT2D eigenvalue weighted by Gasteiger charge is 2.39. The molecule has 0 bridgehead atoms. The minimum Gasteiger partial charge on any atom is -0.474 e. The number of amides is 2. The van der Waals surface area contributed by atoms with Crippen LogP contribution in [-0.2, 0) is 24.2 Å². The van der Waals surface area contributed by atoms with Crippen LogP contribution in [0.2, 0.25) is 0 Å². The van der Waals surface area contributed by atoms with Crippen LogP contribution in [0, 0.1) is 6.92 Å². The first-order chi connectivity index (χ1) is 19.2. The molecular formula is C28H31N7O5. The molecule has 0 atom stereocenters. The van der Waals surface area contributed by atoms with Crippen LogP contribution in [-0.4, -0.2) is 80.5 Å². The van der Waals surface area contributed by atoms with Crippen molar-refractivity contribution in [1.82, 2.24) is 19.9 Å². The number of ether oxygens (including phenoxy) is 1. The standard InChI is InChI=1S/C28H31N7O5/c1-17-22(13-29-25-24(17)35(27(37)38)9-10-40-25)33-8-7-19-12-30-26(32-21(19)14-33)31-20-5-3-18(4-6-20)11-23(36)34-15-28(2,39)16-34/h3-6,12-13,39H,7-11,14-16H2,1-2H3,(H,37,38)(H,30,31,32). The van der Waals surface area contributed by atoms with Crippen LogP contribution in [0.1, 0.15) is 29.3 Å². The van der Waals surface area contributed by atoms with Gasteiger partial charge in [-0.05, 0) is 43.5 Å². The molecule has 2 aromatic heterocycles. The molecule has 40 heavy (non-hydrogen) atoms. The lowest BCUT2D eigenvalue weighted by Gasteiger charge is -2.44. The van der Waals surface area contributed by atoms with Crippen LogP contribution in [0.3, 0.4) is 0 Å². The molecule has 0 radical (unpaired) electrons. The Morgan fingerprint density at radius 3 is 2.62 bits per heavy atom. The molecule has 1 aromatic carbocycles. The van der Waals surface area contributed by atoms with E-state index in [-0.39, 0.29) is 25.5 Å². The van der Waals surface area contributed by atoms with Gasteiger partial charge in [0, 0.05) is 24.0 Å². The average Bonchev–Trinajstić information content (AvgIpc) is 2.92. The Morgan fingerprint density at radius 1 is 1.12 bits per heavy atom. The summed E-state index contributed by atoms with van der Waals surface area (Å²) >= 11 is 0. The fourth-order valence-corrected chi connectivity index (χ4v) is 5.48. The third-order valence-electron chi connectivity index (χ3n) is 7.57. The number of anilines is 4. The Labute approximate surface area is 231 Å². The van der Waals surface area contributed by atoms with E-state index in [2.05, 4.69) is 20.2 Å². The number of hydrogen-bond acceptors (Lipinski definition) is 9. The summed E-state index contributed by atoms with van der Waals surface area (Å²) < 4.78 is 5.62. The van der Waals surface area contributed by atoms with Gasteiger partial charge in [0.25, 0.3) is 0 Å². The number of nitrogens with one attached hydrogen (secondary N) is 1. The zero-order valence-electron chi connectivity index (χ0n) is 22.4. The second-order valence-corrected chi connectivity index (χ2v) is 10.8. The quantitative estimate of drug-likeness (QED) is 0.437. The summed E-state index contributed by atoms with van der Waals surface area (Å²) in [7, 11) is 0. The summed E-state index contributed by atoms with van der Waals surface area (Å²) in [5.74, 6) is 0.811. The number of carbonyl (C=O) groups is 2. The van der Waals surface area contributed by atoms with Crippen LogP contribution < -0.4 is 19.9 Å². The number of benzene rings is 1. The van der Waals surface area contributed by atoms with Crippen molar-refractivity contribution in [2.24, 2.45) is 0 Å². The van der Waals surface area contributed by atoms with Crippen molar-refractivity contribution in [2.75, 3.05) is 47.9 Å². The first kappa shape index (κ1) is 25.8. The summed E-state index contributed by atoms with van der Waals surface area (Å²) in [5.41, 5.74) is 5.03. The topological polar surface area (TPSA) is 144 Å². The number of aromatic nitrogens is 3. The van der Waals surface area contributed by atoms with Crippen LogP contribution >= 0.6 is 0 Å². The number of likely N-dealkylation sites (tertiary alicyclic amines) is 1. The van der Waals surface area contributed by atoms with Crippen molar-refractivity contribution >= 4 is 35.0 Å². The first-order valence-electron chi connectivity index (χ1n) is 13.3. The van der Waals surface area contributed by atoms with E-state index in [1.807, 2.05) is 37.4 Å². The number of hydrogen-bond donors (Lipinski definition) is 3. The van der Waals surface area contributed by atoms with Crippen molar-refractivity contribution < 1.29 is 24.5 Å². The highest BCUT2D eigenvalue weighted by molar-refractivity contribution is 5.91. The molecule has 0 spiro atoms. The van der Waals surface area contributed by atoms with Gasteiger partial charge in [-0.15, -0.1) is 0 Å². The minimum absolute atomic E-state index is 0.00219. The van der Waals surface area contributed by atoms with Gasteiger partial charge in [0.1, 0.15) is 12.3 Å². The van der Waals surface area contributed by atoms with Crippen molar-refractivity contribution in [3.8, 4) is 5.88 Å². The van der Waals surface area contributed by atoms with E-state index in [1.54, 1.807) is 18.0 Å². The molecule has 1 saturated heterocycles. The highest BCUT2D eigenvalue weighted by atomic mass is 16.5. The monoisotopic (exact) mass is 545 g/mol. The number of rotatable bonds is 5. The largest absolute Gasteiger partial charge is 0.474 e. The van der Waals surface area contributed by atoms with Crippen LogP contribution in [0.15, 0.2) is 36.7 Å². The molecule has 5 heterocycles. The molecule has 12 nitrogen and oxygen atoms in total. The van der Waals surface area contributed by atoms with E-state index in [0.717, 1.165) is 46.7 Å². The first-order valence-corrected chi connectivity index (χ1v) is 13.3. The van der Waals surface area contributed by atoms with E-state index in [9.17, 15) is 19.8 Å². The third-order valence-corrected chi connectivity index (χ3v) is 7.57. The summed E-state index contributed by atoms with van der Waals surface area (Å²) in [6.07, 6.45) is 3.59. The molecule has 208 valence electrons. The third kappa shape index (κ3) is 4.97. The number of pyridine rings is 1. The molecule has 0 saturated carbocycles. The molecular weight excluding hydrogens is 514 g/mol. The lowest BCUT2D eigenvalue weighted by molar-refractivity contribution is -0.151. The predicted octanol–water partition coefficient (Wildman–Crippen LogP) is 2.50. The smallest absolute Gasteiger partial charge is 0.412 e. The molecule has 3 aromatic rings. The lowest BCUT2D eigenvalue weighted by atomic mass is 9.96. The predicted molar refractivity (Wildman–Crippen MR) is 147 cm³/mol. The molecule has 0 aliphatic carbocycles. The van der Waals surface area contributed by atoms with Crippen LogP contribution in [0.4, 0.5) is 27.8 Å². The normalized spacial score (nSPS) is 17.3. The maximum atomic E-state index is 12.4. The van der Waals surface area contributed by atoms with Gasteiger partial charge in [-0.1, -0.05) is 12.1 Å². The lowest BCUT2D eigenvalue weighted by Crippen LogP contribution is -2.62. The molecule has 3 aliphatic rings. The summed E-state index contributed by atoms with van der Waals surface area (Å²) in [6.45, 7) is 6.17. The second-order valence-electron chi connectivity index (χ2n) is 10.8. The van der Waals surface area contributed by atoms with E-state index < -0.39 is 11.7 Å². The van der Waals surface area contributed by atoms with Gasteiger partial charge in [0.05, 0.1) is 55.8 Å². The maximum Gasteiger partial charge on any atom is 0.412 e. The fraction of sp³-hybridized carbons (Fsp3) is 0.393. The number of fused-ring (bicyclic) bond motifs is 2. The van der Waals surface area contributed by atoms with Crippen LogP contribution in [0.25, 0.3) is 0 Å². The van der Waals surface area contributed by atoms with E-state index in [4.69, 9.17) is 9.72 Å². The van der Waals surface area contributed by atoms with Gasteiger partial charge in [-0.25, -0.2) is 19.7 Å². The average molecular weight is 546 g/mol. The summed E-state index contributed by atoms with van der Waals surface area (Å²) in [5, 5.41) is 22.8. The Morgan fingerprint density at radius 2 is 1.90 bits per heavy atom. The van der Waals surface area contributed by atoms with Gasteiger partial charge < -0.3 is 30.1 Å². The molecule has 2 amide bonds. The number of β-amino-alcohol motifs (C(OH)–C–C–N with tert-alkyl or cyclic N) is 1. The van der Waals surface area contributed by atoms with E-state index in [1.165, 1.54) is 4.90 Å². The number of carboxylic acid groups (broad SMARTS) is 1. The molecule has 0 unspecified atom stereocenters. The van der Waals surface area contributed by atoms with Gasteiger partial charge in [-0.3, -0.25) is 9.69 Å². The van der Waals surface area contributed by atoms with Crippen molar-refractivity contribution in [3.05, 3.63) is 59.0 Å². The van der Waals surface area contributed by atoms with Gasteiger partial charge in [-0.2, -0.15) is 0 Å². The minimum atomic E-state index is -1.02. The van der Waals surface area contributed by atoms with Crippen molar-refractivity contribution in [2.45, 2.75) is 38.8 Å². The molecule has 3 N–H and O–H groups in total. The molecule has 3 aliphatic heterocycles. The highest BCUT2D eigenvalue weighted by Crippen LogP contribution is 2.39. The number of nitrogens with zero attached hydrogens (tertiary/aromatic N) is 6. The molecule has 6 rings (SSSR count). The van der Waals surface area contributed by atoms with Gasteiger partial charge in [0.15, 0.2) is 0 Å². The van der Waals surface area contributed by atoms with E-state index in [0.29, 0.717) is 37.1 Å².